The van der Waals surface area contributed by atoms with E-state index < -0.39 is 24.0 Å². The van der Waals surface area contributed by atoms with Gasteiger partial charge in [-0.05, 0) is 6.07 Å². The Morgan fingerprint density at radius 3 is 2.36 bits per heavy atom. The number of ether oxygens (including phenoxy) is 2. The first kappa shape index (κ1) is 15.5. The van der Waals surface area contributed by atoms with Crippen LogP contribution >= 0.6 is 0 Å². The van der Waals surface area contributed by atoms with Gasteiger partial charge in [0.2, 0.25) is 11.6 Å². The molecular weight excluding hydrogens is 328 g/mol. The summed E-state index contributed by atoms with van der Waals surface area (Å²) in [4.78, 5) is 48.8. The molecular formula is C18H12O7. The summed E-state index contributed by atoms with van der Waals surface area (Å²) in [6, 6.07) is 7.59. The van der Waals surface area contributed by atoms with Crippen molar-refractivity contribution in [2.24, 2.45) is 0 Å². The molecule has 1 fully saturated rings. The van der Waals surface area contributed by atoms with Crippen molar-refractivity contribution in [3.05, 3.63) is 58.5 Å². The van der Waals surface area contributed by atoms with Crippen molar-refractivity contribution >= 4 is 23.3 Å². The fourth-order valence-corrected chi connectivity index (χ4v) is 2.74. The van der Waals surface area contributed by atoms with E-state index in [1.165, 1.54) is 12.1 Å². The minimum atomic E-state index is -0.700. The van der Waals surface area contributed by atoms with Gasteiger partial charge >= 0.3 is 5.97 Å². The molecule has 0 atom stereocenters. The molecule has 2 aliphatic rings. The first-order valence-electron chi connectivity index (χ1n) is 7.67. The third kappa shape index (κ3) is 2.58. The molecule has 1 saturated heterocycles. The van der Waals surface area contributed by atoms with Crippen LogP contribution in [0.5, 0.6) is 0 Å². The van der Waals surface area contributed by atoms with E-state index >= 15 is 0 Å². The summed E-state index contributed by atoms with van der Waals surface area (Å²) in [6.07, 6.45) is -0.860. The highest BCUT2D eigenvalue weighted by Crippen LogP contribution is 2.30. The fraction of sp³-hybridized carbons (Fsp3) is 0.222. The maximum Gasteiger partial charge on any atom is 0.314 e. The normalized spacial score (nSPS) is 16.0. The Bertz CT molecular complexity index is 865. The summed E-state index contributed by atoms with van der Waals surface area (Å²) in [5, 5.41) is 0. The number of Topliss-reactive ketones (excluding diaryl/α,β-unsaturated/α-hetero) is 1. The van der Waals surface area contributed by atoms with E-state index in [1.807, 2.05) is 0 Å². The summed E-state index contributed by atoms with van der Waals surface area (Å²) in [5.74, 6) is -2.58. The van der Waals surface area contributed by atoms with Crippen molar-refractivity contribution < 1.29 is 33.1 Å². The second-order valence-electron chi connectivity index (χ2n) is 5.81. The SMILES string of the molecule is O=C(CC(=O)c1cc2c(o1)C(=O)c1ccccc1C2=O)OC1COC1. The van der Waals surface area contributed by atoms with Gasteiger partial charge in [-0.1, -0.05) is 24.3 Å². The van der Waals surface area contributed by atoms with Gasteiger partial charge in [0.15, 0.2) is 17.3 Å². The average Bonchev–Trinajstić information content (AvgIpc) is 3.02. The summed E-state index contributed by atoms with van der Waals surface area (Å²) in [7, 11) is 0. The molecule has 4 rings (SSSR count). The van der Waals surface area contributed by atoms with Crippen LogP contribution in [-0.4, -0.2) is 42.6 Å². The van der Waals surface area contributed by atoms with Gasteiger partial charge < -0.3 is 13.9 Å². The molecule has 0 saturated carbocycles. The van der Waals surface area contributed by atoms with Crippen molar-refractivity contribution in [1.82, 2.24) is 0 Å². The van der Waals surface area contributed by atoms with Crippen LogP contribution in [0.1, 0.15) is 49.0 Å². The van der Waals surface area contributed by atoms with Gasteiger partial charge in [-0.2, -0.15) is 0 Å². The van der Waals surface area contributed by atoms with Crippen LogP contribution in [0.2, 0.25) is 0 Å². The molecule has 7 heteroatoms. The minimum Gasteiger partial charge on any atom is -0.457 e. The molecule has 2 aromatic rings. The van der Waals surface area contributed by atoms with Gasteiger partial charge in [0, 0.05) is 11.1 Å². The maximum absolute atomic E-state index is 12.5. The summed E-state index contributed by atoms with van der Waals surface area (Å²) >= 11 is 0. The van der Waals surface area contributed by atoms with Gasteiger partial charge in [0.25, 0.3) is 0 Å². The van der Waals surface area contributed by atoms with E-state index in [0.717, 1.165) is 0 Å². The first-order chi connectivity index (χ1) is 12.0. The number of esters is 1. The number of carbonyl (C=O) groups excluding carboxylic acids is 4. The second-order valence-corrected chi connectivity index (χ2v) is 5.81. The Morgan fingerprint density at radius 1 is 1.04 bits per heavy atom. The van der Waals surface area contributed by atoms with E-state index in [1.54, 1.807) is 18.2 Å². The van der Waals surface area contributed by atoms with Crippen molar-refractivity contribution in [3.63, 3.8) is 0 Å². The van der Waals surface area contributed by atoms with Crippen LogP contribution in [-0.2, 0) is 14.3 Å². The highest BCUT2D eigenvalue weighted by molar-refractivity contribution is 6.28. The van der Waals surface area contributed by atoms with Gasteiger partial charge in [-0.3, -0.25) is 19.2 Å². The predicted molar refractivity (Wildman–Crippen MR) is 81.7 cm³/mol. The molecule has 0 unspecified atom stereocenters. The average molecular weight is 340 g/mol. The molecule has 7 nitrogen and oxygen atoms in total. The molecule has 0 radical (unpaired) electrons. The topological polar surface area (TPSA) is 99.9 Å². The molecule has 0 spiro atoms. The highest BCUT2D eigenvalue weighted by Gasteiger charge is 2.35. The molecule has 0 N–H and O–H groups in total. The molecule has 2 heterocycles. The third-order valence-electron chi connectivity index (χ3n) is 4.08. The summed E-state index contributed by atoms with van der Waals surface area (Å²) in [6.45, 7) is 0.631. The third-order valence-corrected chi connectivity index (χ3v) is 4.08. The number of carbonyl (C=O) groups is 4. The minimum absolute atomic E-state index is 0.0350. The monoisotopic (exact) mass is 340 g/mol. The number of furan rings is 1. The first-order valence-corrected chi connectivity index (χ1v) is 7.67. The number of rotatable bonds is 4. The maximum atomic E-state index is 12.5. The standard InChI is InChI=1S/C18H12O7/c19-13(6-15(20)24-9-7-23-8-9)14-5-12-16(21)10-3-1-2-4-11(10)17(22)18(12)25-14/h1-5,9H,6-8H2. The van der Waals surface area contributed by atoms with Crippen LogP contribution in [0.25, 0.3) is 0 Å². The molecule has 0 bridgehead atoms. The van der Waals surface area contributed by atoms with Crippen LogP contribution in [0.4, 0.5) is 0 Å². The predicted octanol–water partition coefficient (Wildman–Crippen LogP) is 1.57. The molecule has 126 valence electrons. The molecule has 0 amide bonds. The highest BCUT2D eigenvalue weighted by atomic mass is 16.6. The number of ketones is 3. The Balaban J connectivity index is 1.57. The fourth-order valence-electron chi connectivity index (χ4n) is 2.74. The quantitative estimate of drug-likeness (QED) is 0.404. The summed E-state index contributed by atoms with van der Waals surface area (Å²) in [5.41, 5.74) is 0.537. The van der Waals surface area contributed by atoms with E-state index in [0.29, 0.717) is 13.2 Å². The zero-order valence-electron chi connectivity index (χ0n) is 12.9. The Hall–Kier alpha value is -3.06. The second kappa shape index (κ2) is 5.78. The van der Waals surface area contributed by atoms with Crippen molar-refractivity contribution in [2.45, 2.75) is 12.5 Å². The molecule has 1 aromatic heterocycles. The number of hydrogen-bond donors (Lipinski definition) is 0. The van der Waals surface area contributed by atoms with Crippen molar-refractivity contribution in [2.75, 3.05) is 13.2 Å². The van der Waals surface area contributed by atoms with Gasteiger partial charge in [-0.15, -0.1) is 0 Å². The van der Waals surface area contributed by atoms with Gasteiger partial charge in [0.05, 0.1) is 18.8 Å². The van der Waals surface area contributed by atoms with Crippen LogP contribution in [0.15, 0.2) is 34.7 Å². The van der Waals surface area contributed by atoms with Crippen LogP contribution in [0, 0.1) is 0 Å². The molecule has 1 aliphatic carbocycles. The van der Waals surface area contributed by atoms with Crippen molar-refractivity contribution in [1.29, 1.82) is 0 Å². The zero-order chi connectivity index (χ0) is 17.6. The smallest absolute Gasteiger partial charge is 0.314 e. The van der Waals surface area contributed by atoms with Crippen LogP contribution in [0.3, 0.4) is 0 Å². The number of hydrogen-bond acceptors (Lipinski definition) is 7. The summed E-state index contributed by atoms with van der Waals surface area (Å²) < 4.78 is 15.2. The Labute approximate surface area is 141 Å². The molecule has 1 aliphatic heterocycles. The number of benzene rings is 1. The van der Waals surface area contributed by atoms with E-state index in [2.05, 4.69) is 0 Å². The van der Waals surface area contributed by atoms with Crippen molar-refractivity contribution in [3.8, 4) is 0 Å². The van der Waals surface area contributed by atoms with E-state index in [9.17, 15) is 19.2 Å². The lowest BCUT2D eigenvalue weighted by Crippen LogP contribution is -2.38. The zero-order valence-corrected chi connectivity index (χ0v) is 12.9. The van der Waals surface area contributed by atoms with Gasteiger partial charge in [0.1, 0.15) is 12.5 Å². The Morgan fingerprint density at radius 2 is 1.72 bits per heavy atom. The van der Waals surface area contributed by atoms with E-state index in [4.69, 9.17) is 13.9 Å². The number of fused-ring (bicyclic) bond motifs is 2. The lowest BCUT2D eigenvalue weighted by molar-refractivity contribution is -0.171. The Kier molecular flexibility index (Phi) is 3.58. The van der Waals surface area contributed by atoms with Gasteiger partial charge in [-0.25, -0.2) is 0 Å². The molecule has 25 heavy (non-hydrogen) atoms. The lowest BCUT2D eigenvalue weighted by atomic mass is 9.88. The largest absolute Gasteiger partial charge is 0.457 e. The molecule has 1 aromatic carbocycles. The van der Waals surface area contributed by atoms with Crippen LogP contribution < -0.4 is 0 Å². The lowest BCUT2D eigenvalue weighted by Gasteiger charge is -2.25. The van der Waals surface area contributed by atoms with E-state index in [-0.39, 0.29) is 40.1 Å².